The van der Waals surface area contributed by atoms with E-state index in [-0.39, 0.29) is 0 Å². The molecular weight excluding hydrogens is 490 g/mol. The summed E-state index contributed by atoms with van der Waals surface area (Å²) >= 11 is 0. The van der Waals surface area contributed by atoms with E-state index in [0.717, 1.165) is 46.8 Å². The molecule has 5 aromatic rings. The highest BCUT2D eigenvalue weighted by atomic mass is 15.1. The molecule has 3 N–H and O–H groups in total. The molecule has 2 aliphatic rings. The van der Waals surface area contributed by atoms with Gasteiger partial charge in [0.2, 0.25) is 0 Å². The molecule has 1 atom stereocenters. The van der Waals surface area contributed by atoms with Crippen LogP contribution in [0.25, 0.3) is 22.7 Å². The number of nitrogens with zero attached hydrogens (tertiary/aromatic N) is 3. The highest BCUT2D eigenvalue weighted by molar-refractivity contribution is 6.54. The smallest absolute Gasteiger partial charge is 0.164 e. The second-order valence-corrected chi connectivity index (χ2v) is 10.0. The molecule has 194 valence electrons. The van der Waals surface area contributed by atoms with E-state index in [1.807, 2.05) is 48.5 Å². The largest absolute Gasteiger partial charge is 0.403 e. The lowest BCUT2D eigenvalue weighted by Crippen LogP contribution is -2.31. The van der Waals surface area contributed by atoms with E-state index in [9.17, 15) is 0 Å². The summed E-state index contributed by atoms with van der Waals surface area (Å²) in [7, 11) is 0. The molecule has 7 rings (SSSR count). The van der Waals surface area contributed by atoms with Crippen molar-refractivity contribution in [2.45, 2.75) is 19.0 Å². The zero-order chi connectivity index (χ0) is 26.9. The van der Waals surface area contributed by atoms with Gasteiger partial charge in [0.05, 0.1) is 16.9 Å². The Bertz CT molecular complexity index is 1810. The highest BCUT2D eigenvalue weighted by Crippen LogP contribution is 2.34. The van der Waals surface area contributed by atoms with Gasteiger partial charge < -0.3 is 15.6 Å². The van der Waals surface area contributed by atoms with Crippen LogP contribution in [-0.4, -0.2) is 22.2 Å². The van der Waals surface area contributed by atoms with E-state index in [4.69, 9.17) is 15.7 Å². The average Bonchev–Trinajstić information content (AvgIpc) is 3.36. The summed E-state index contributed by atoms with van der Waals surface area (Å²) in [5, 5.41) is 4.78. The Labute approximate surface area is 233 Å². The summed E-state index contributed by atoms with van der Waals surface area (Å²) in [5.41, 5.74) is 16.4. The fourth-order valence-corrected chi connectivity index (χ4v) is 5.67. The first-order chi connectivity index (χ1) is 19.8. The van der Waals surface area contributed by atoms with Gasteiger partial charge in [-0.25, -0.2) is 4.99 Å². The van der Waals surface area contributed by atoms with Crippen LogP contribution in [0.15, 0.2) is 137 Å². The topological polar surface area (TPSA) is 67.7 Å². The Kier molecular flexibility index (Phi) is 6.09. The second-order valence-electron chi connectivity index (χ2n) is 10.0. The lowest BCUT2D eigenvalue weighted by Gasteiger charge is -2.25. The number of hydrogen-bond donors (Lipinski definition) is 2. The molecule has 0 fully saturated rings. The molecule has 1 aromatic heterocycles. The van der Waals surface area contributed by atoms with E-state index in [2.05, 4.69) is 82.7 Å². The molecule has 1 unspecified atom stereocenters. The van der Waals surface area contributed by atoms with E-state index in [1.54, 1.807) is 6.20 Å². The van der Waals surface area contributed by atoms with Crippen LogP contribution in [0.1, 0.15) is 28.8 Å². The number of rotatable bonds is 5. The molecule has 1 aliphatic heterocycles. The van der Waals surface area contributed by atoms with E-state index in [0.29, 0.717) is 5.70 Å². The van der Waals surface area contributed by atoms with Crippen LogP contribution < -0.4 is 11.1 Å². The lowest BCUT2D eigenvalue weighted by atomic mass is 9.97. The van der Waals surface area contributed by atoms with Crippen molar-refractivity contribution in [3.63, 3.8) is 0 Å². The number of nitrogens with two attached hydrogens (primary N) is 1. The first-order valence-electron chi connectivity index (χ1n) is 13.7. The minimum Gasteiger partial charge on any atom is -0.403 e. The van der Waals surface area contributed by atoms with Crippen molar-refractivity contribution >= 4 is 34.1 Å². The zero-order valence-electron chi connectivity index (χ0n) is 22.0. The third-order valence-corrected chi connectivity index (χ3v) is 7.55. The summed E-state index contributed by atoms with van der Waals surface area (Å²) in [6.07, 6.45) is 7.78. The number of hydrogen-bond acceptors (Lipinski definition) is 4. The zero-order valence-corrected chi connectivity index (χ0v) is 22.0. The van der Waals surface area contributed by atoms with Gasteiger partial charge in [0.15, 0.2) is 6.17 Å². The van der Waals surface area contributed by atoms with Crippen LogP contribution >= 0.6 is 0 Å². The van der Waals surface area contributed by atoms with Crippen LogP contribution in [0, 0.1) is 0 Å². The van der Waals surface area contributed by atoms with Crippen LogP contribution in [0.5, 0.6) is 0 Å². The van der Waals surface area contributed by atoms with Crippen molar-refractivity contribution in [3.05, 3.63) is 150 Å². The fourth-order valence-electron chi connectivity index (χ4n) is 5.67. The van der Waals surface area contributed by atoms with Crippen molar-refractivity contribution in [1.82, 2.24) is 4.57 Å². The minimum atomic E-state index is -0.401. The van der Waals surface area contributed by atoms with Crippen LogP contribution in [0.2, 0.25) is 0 Å². The summed E-state index contributed by atoms with van der Waals surface area (Å²) in [4.78, 5) is 10.2. The van der Waals surface area contributed by atoms with Crippen LogP contribution in [0.4, 0.5) is 5.69 Å². The third kappa shape index (κ3) is 4.22. The van der Waals surface area contributed by atoms with E-state index in [1.165, 1.54) is 22.2 Å². The van der Waals surface area contributed by atoms with Gasteiger partial charge in [0.1, 0.15) is 5.70 Å². The maximum atomic E-state index is 6.06. The predicted molar refractivity (Wildman–Crippen MR) is 166 cm³/mol. The summed E-state index contributed by atoms with van der Waals surface area (Å²) in [5.74, 6) is 0. The predicted octanol–water partition coefficient (Wildman–Crippen LogP) is 7.12. The summed E-state index contributed by atoms with van der Waals surface area (Å²) < 4.78 is 2.40. The number of benzene rings is 4. The molecule has 0 saturated carbocycles. The Morgan fingerprint density at radius 2 is 1.48 bits per heavy atom. The van der Waals surface area contributed by atoms with Gasteiger partial charge in [-0.1, -0.05) is 91.0 Å². The van der Waals surface area contributed by atoms with Crippen molar-refractivity contribution in [2.75, 3.05) is 5.32 Å². The van der Waals surface area contributed by atoms with Crippen molar-refractivity contribution in [1.29, 1.82) is 0 Å². The van der Waals surface area contributed by atoms with Gasteiger partial charge >= 0.3 is 0 Å². The van der Waals surface area contributed by atoms with E-state index < -0.39 is 6.17 Å². The third-order valence-electron chi connectivity index (χ3n) is 7.55. The monoisotopic (exact) mass is 519 g/mol. The van der Waals surface area contributed by atoms with Gasteiger partial charge in [0.25, 0.3) is 0 Å². The average molecular weight is 520 g/mol. The molecule has 5 nitrogen and oxygen atoms in total. The molecule has 40 heavy (non-hydrogen) atoms. The standard InChI is InChI=1S/C35H29N5/c36-23-30-35(37-26-13-5-2-6-14-26)39-34(33(38-30)24-11-3-1-4-12-24)25-19-21-27(22-20-25)40-31-17-9-7-15-28(31)29-16-8-10-18-32(29)40/h1-9,11-17,19-23,35,37H,10,18,36H2. The molecule has 0 saturated heterocycles. The molecule has 0 spiro atoms. The normalized spacial score (nSPS) is 17.4. The number of nitrogens with one attached hydrogen (secondary N) is 1. The number of fused-ring (bicyclic) bond motifs is 3. The van der Waals surface area contributed by atoms with Gasteiger partial charge in [-0.15, -0.1) is 0 Å². The number of para-hydroxylation sites is 2. The Hall–Kier alpha value is -5.16. The maximum Gasteiger partial charge on any atom is 0.164 e. The Balaban J connectivity index is 1.32. The number of allylic oxidation sites excluding steroid dienone is 1. The minimum absolute atomic E-state index is 0.401. The Morgan fingerprint density at radius 3 is 2.25 bits per heavy atom. The quantitative estimate of drug-likeness (QED) is 0.260. The molecular formula is C35H29N5. The van der Waals surface area contributed by atoms with Gasteiger partial charge in [-0.3, -0.25) is 4.99 Å². The second kappa shape index (κ2) is 10.2. The van der Waals surface area contributed by atoms with Crippen molar-refractivity contribution < 1.29 is 0 Å². The Morgan fingerprint density at radius 1 is 0.775 bits per heavy atom. The fraction of sp³-hybridized carbons (Fsp3) is 0.0857. The molecule has 1 aliphatic carbocycles. The van der Waals surface area contributed by atoms with Crippen molar-refractivity contribution in [2.24, 2.45) is 15.7 Å². The highest BCUT2D eigenvalue weighted by Gasteiger charge is 2.26. The van der Waals surface area contributed by atoms with E-state index >= 15 is 0 Å². The molecule has 0 amide bonds. The maximum absolute atomic E-state index is 6.06. The molecule has 2 heterocycles. The number of aliphatic imine (C=N–C) groups is 2. The van der Waals surface area contributed by atoms with Crippen LogP contribution in [0.3, 0.4) is 0 Å². The van der Waals surface area contributed by atoms with Gasteiger partial charge in [0, 0.05) is 45.3 Å². The molecule has 5 heteroatoms. The molecule has 4 aromatic carbocycles. The van der Waals surface area contributed by atoms with Crippen molar-refractivity contribution in [3.8, 4) is 5.69 Å². The molecule has 0 bridgehead atoms. The molecule has 0 radical (unpaired) electrons. The number of aromatic nitrogens is 1. The number of anilines is 1. The lowest BCUT2D eigenvalue weighted by molar-refractivity contribution is 0.853. The summed E-state index contributed by atoms with van der Waals surface area (Å²) in [6.45, 7) is 0. The summed E-state index contributed by atoms with van der Waals surface area (Å²) in [6, 6.07) is 37.6. The van der Waals surface area contributed by atoms with Gasteiger partial charge in [-0.05, 0) is 43.2 Å². The SMILES string of the molecule is NC=C1N=C(c2ccccc2)C(c2ccc(-n3c4c(c5ccccc53)C=CCC4)cc2)=NC1Nc1ccccc1. The van der Waals surface area contributed by atoms with Crippen LogP contribution in [-0.2, 0) is 6.42 Å². The first kappa shape index (κ1) is 23.9. The van der Waals surface area contributed by atoms with Gasteiger partial charge in [-0.2, -0.15) is 0 Å². The first-order valence-corrected chi connectivity index (χ1v) is 13.7.